The van der Waals surface area contributed by atoms with Crippen LogP contribution in [0.15, 0.2) is 61.4 Å². The van der Waals surface area contributed by atoms with Crippen LogP contribution in [0, 0.1) is 0 Å². The molecule has 0 saturated heterocycles. The van der Waals surface area contributed by atoms with Gasteiger partial charge < -0.3 is 0 Å². The third-order valence-electron chi connectivity index (χ3n) is 1.68. The number of Topliss-reactive ketones (excluding diaryl/α,β-unsaturated/α-hetero) is 1. The van der Waals surface area contributed by atoms with Crippen molar-refractivity contribution in [3.8, 4) is 0 Å². The van der Waals surface area contributed by atoms with E-state index in [4.69, 9.17) is 0 Å². The highest BCUT2D eigenvalue weighted by Crippen LogP contribution is 2.06. The van der Waals surface area contributed by atoms with Gasteiger partial charge in [0.2, 0.25) is 5.78 Å². The van der Waals surface area contributed by atoms with Gasteiger partial charge in [0, 0.05) is 11.8 Å². The molecular formula is C12H11NO. The van der Waals surface area contributed by atoms with Gasteiger partial charge in [0.1, 0.15) is 5.69 Å². The number of carbonyl (C=O) groups excluding carboxylic acids is 1. The lowest BCUT2D eigenvalue weighted by atomic mass is 10.1. The summed E-state index contributed by atoms with van der Waals surface area (Å²) in [5.41, 5.74) is 0.916. The van der Waals surface area contributed by atoms with Crippen LogP contribution in [0.4, 0.5) is 0 Å². The minimum absolute atomic E-state index is 0.138. The molecule has 0 spiro atoms. The van der Waals surface area contributed by atoms with Crippen molar-refractivity contribution in [1.82, 2.24) is 4.98 Å². The lowest BCUT2D eigenvalue weighted by Gasteiger charge is -1.98. The Morgan fingerprint density at radius 1 is 1.36 bits per heavy atom. The van der Waals surface area contributed by atoms with Crippen molar-refractivity contribution in [3.63, 3.8) is 0 Å². The van der Waals surface area contributed by atoms with Crippen LogP contribution in [-0.2, 0) is 0 Å². The monoisotopic (exact) mass is 185 g/mol. The Morgan fingerprint density at radius 3 is 2.64 bits per heavy atom. The second-order valence-corrected chi connectivity index (χ2v) is 2.61. The summed E-state index contributed by atoms with van der Waals surface area (Å²) in [6.45, 7) is 7.09. The molecule has 2 heteroatoms. The molecular weight excluding hydrogens is 174 g/mol. The molecule has 1 aromatic rings. The third kappa shape index (κ3) is 2.26. The first-order chi connectivity index (χ1) is 6.79. The van der Waals surface area contributed by atoms with Gasteiger partial charge in [-0.3, -0.25) is 9.78 Å². The normalized spacial score (nSPS) is 10.7. The molecule has 0 aliphatic heterocycles. The van der Waals surface area contributed by atoms with Crippen LogP contribution in [0.3, 0.4) is 0 Å². The standard InChI is InChI=1S/C12H11NO/c1-3-7-10(4-2)12(14)11-8-5-6-9-13-11/h3-9H,1-2H2/b10-7+. The Balaban J connectivity index is 3.01. The minimum atomic E-state index is -0.138. The van der Waals surface area contributed by atoms with Gasteiger partial charge in [0.25, 0.3) is 0 Å². The minimum Gasteiger partial charge on any atom is -0.287 e. The first-order valence-electron chi connectivity index (χ1n) is 4.20. The molecule has 1 aromatic heterocycles. The van der Waals surface area contributed by atoms with Crippen LogP contribution in [0.5, 0.6) is 0 Å². The molecule has 14 heavy (non-hydrogen) atoms. The number of aromatic nitrogens is 1. The van der Waals surface area contributed by atoms with Crippen LogP contribution in [0.25, 0.3) is 0 Å². The van der Waals surface area contributed by atoms with Gasteiger partial charge in [-0.15, -0.1) is 0 Å². The van der Waals surface area contributed by atoms with E-state index in [2.05, 4.69) is 18.1 Å². The fraction of sp³-hybridized carbons (Fsp3) is 0. The predicted molar refractivity (Wildman–Crippen MR) is 57.0 cm³/mol. The zero-order valence-electron chi connectivity index (χ0n) is 7.81. The third-order valence-corrected chi connectivity index (χ3v) is 1.68. The summed E-state index contributed by atoms with van der Waals surface area (Å²) in [6.07, 6.45) is 6.25. The summed E-state index contributed by atoms with van der Waals surface area (Å²) in [4.78, 5) is 15.7. The number of rotatable bonds is 4. The highest BCUT2D eigenvalue weighted by Gasteiger charge is 2.08. The molecule has 0 fully saturated rings. The zero-order valence-corrected chi connectivity index (χ0v) is 7.81. The number of hydrogen-bond donors (Lipinski definition) is 0. The quantitative estimate of drug-likeness (QED) is 0.410. The van der Waals surface area contributed by atoms with Crippen molar-refractivity contribution in [2.75, 3.05) is 0 Å². The van der Waals surface area contributed by atoms with Gasteiger partial charge in [-0.05, 0) is 12.1 Å². The molecule has 0 saturated carbocycles. The van der Waals surface area contributed by atoms with Crippen LogP contribution in [0.2, 0.25) is 0 Å². The predicted octanol–water partition coefficient (Wildman–Crippen LogP) is 2.56. The number of carbonyl (C=O) groups is 1. The van der Waals surface area contributed by atoms with Gasteiger partial charge >= 0.3 is 0 Å². The van der Waals surface area contributed by atoms with Crippen molar-refractivity contribution in [2.45, 2.75) is 0 Å². The number of ketones is 1. The Morgan fingerprint density at radius 2 is 2.14 bits per heavy atom. The summed E-state index contributed by atoms with van der Waals surface area (Å²) in [5.74, 6) is -0.138. The van der Waals surface area contributed by atoms with E-state index in [-0.39, 0.29) is 5.78 Å². The van der Waals surface area contributed by atoms with Gasteiger partial charge in [-0.1, -0.05) is 37.5 Å². The Hall–Kier alpha value is -1.96. The molecule has 1 heterocycles. The largest absolute Gasteiger partial charge is 0.287 e. The van der Waals surface area contributed by atoms with Crippen LogP contribution >= 0.6 is 0 Å². The summed E-state index contributed by atoms with van der Waals surface area (Å²) in [7, 11) is 0. The summed E-state index contributed by atoms with van der Waals surface area (Å²) < 4.78 is 0. The van der Waals surface area contributed by atoms with E-state index in [1.54, 1.807) is 36.5 Å². The Labute approximate surface area is 83.3 Å². The molecule has 70 valence electrons. The van der Waals surface area contributed by atoms with E-state index < -0.39 is 0 Å². The molecule has 0 radical (unpaired) electrons. The van der Waals surface area contributed by atoms with Gasteiger partial charge in [-0.25, -0.2) is 0 Å². The van der Waals surface area contributed by atoms with Crippen molar-refractivity contribution < 1.29 is 4.79 Å². The Kier molecular flexibility index (Phi) is 3.56. The molecule has 0 aliphatic rings. The smallest absolute Gasteiger partial charge is 0.211 e. The van der Waals surface area contributed by atoms with Crippen LogP contribution in [0.1, 0.15) is 10.5 Å². The molecule has 0 N–H and O–H groups in total. The van der Waals surface area contributed by atoms with E-state index in [1.165, 1.54) is 6.08 Å². The van der Waals surface area contributed by atoms with Gasteiger partial charge in [0.15, 0.2) is 0 Å². The summed E-state index contributed by atoms with van der Waals surface area (Å²) >= 11 is 0. The lowest BCUT2D eigenvalue weighted by Crippen LogP contribution is -2.03. The molecule has 0 unspecified atom stereocenters. The highest BCUT2D eigenvalue weighted by atomic mass is 16.1. The van der Waals surface area contributed by atoms with Crippen molar-refractivity contribution >= 4 is 5.78 Å². The van der Waals surface area contributed by atoms with E-state index >= 15 is 0 Å². The molecule has 0 aromatic carbocycles. The SMILES string of the molecule is C=C/C=C(\C=C)C(=O)c1ccccn1. The molecule has 0 amide bonds. The number of hydrogen-bond acceptors (Lipinski definition) is 2. The maximum absolute atomic E-state index is 11.7. The first kappa shape index (κ1) is 10.1. The van der Waals surface area contributed by atoms with Gasteiger partial charge in [0.05, 0.1) is 0 Å². The molecule has 0 bridgehead atoms. The fourth-order valence-corrected chi connectivity index (χ4v) is 1.01. The fourth-order valence-electron chi connectivity index (χ4n) is 1.01. The number of pyridine rings is 1. The summed E-state index contributed by atoms with van der Waals surface area (Å²) in [6, 6.07) is 5.21. The Bertz CT molecular complexity index is 377. The molecule has 2 nitrogen and oxygen atoms in total. The maximum atomic E-state index is 11.7. The first-order valence-corrected chi connectivity index (χ1v) is 4.20. The second-order valence-electron chi connectivity index (χ2n) is 2.61. The number of allylic oxidation sites excluding steroid dienone is 4. The summed E-state index contributed by atoms with van der Waals surface area (Å²) in [5, 5.41) is 0. The topological polar surface area (TPSA) is 30.0 Å². The maximum Gasteiger partial charge on any atom is 0.211 e. The number of nitrogens with zero attached hydrogens (tertiary/aromatic N) is 1. The second kappa shape index (κ2) is 4.92. The van der Waals surface area contributed by atoms with Crippen molar-refractivity contribution in [1.29, 1.82) is 0 Å². The van der Waals surface area contributed by atoms with Crippen molar-refractivity contribution in [2.24, 2.45) is 0 Å². The van der Waals surface area contributed by atoms with Crippen LogP contribution < -0.4 is 0 Å². The molecule has 0 aliphatic carbocycles. The van der Waals surface area contributed by atoms with E-state index in [1.807, 2.05) is 0 Å². The van der Waals surface area contributed by atoms with E-state index in [0.29, 0.717) is 11.3 Å². The average molecular weight is 185 g/mol. The van der Waals surface area contributed by atoms with Crippen molar-refractivity contribution in [3.05, 3.63) is 67.0 Å². The average Bonchev–Trinajstić information content (AvgIpc) is 2.26. The highest BCUT2D eigenvalue weighted by molar-refractivity contribution is 6.09. The van der Waals surface area contributed by atoms with E-state index in [9.17, 15) is 4.79 Å². The zero-order chi connectivity index (χ0) is 10.4. The van der Waals surface area contributed by atoms with Crippen LogP contribution in [-0.4, -0.2) is 10.8 Å². The van der Waals surface area contributed by atoms with Gasteiger partial charge in [-0.2, -0.15) is 0 Å². The lowest BCUT2D eigenvalue weighted by molar-refractivity contribution is 0.103. The molecule has 0 atom stereocenters. The van der Waals surface area contributed by atoms with E-state index in [0.717, 1.165) is 0 Å². The molecule has 1 rings (SSSR count).